The number of ether oxygens (including phenoxy) is 1. The number of benzene rings is 2. The molecule has 0 saturated heterocycles. The van der Waals surface area contributed by atoms with Crippen molar-refractivity contribution in [1.29, 1.82) is 0 Å². The molecule has 0 atom stereocenters. The van der Waals surface area contributed by atoms with Crippen LogP contribution in [0.25, 0.3) is 10.2 Å². The van der Waals surface area contributed by atoms with Crippen molar-refractivity contribution in [3.8, 4) is 5.75 Å². The van der Waals surface area contributed by atoms with E-state index in [9.17, 15) is 9.18 Å². The number of hydrogen-bond donors (Lipinski definition) is 1. The van der Waals surface area contributed by atoms with Gasteiger partial charge in [-0.05, 0) is 42.3 Å². The first-order chi connectivity index (χ1) is 11.0. The Morgan fingerprint density at radius 2 is 2.13 bits per heavy atom. The van der Waals surface area contributed by atoms with E-state index in [1.807, 2.05) is 25.1 Å². The number of thiazole rings is 1. The number of aromatic nitrogens is 1. The zero-order valence-electron chi connectivity index (χ0n) is 12.7. The van der Waals surface area contributed by atoms with E-state index < -0.39 is 0 Å². The van der Waals surface area contributed by atoms with Gasteiger partial charge in [-0.25, -0.2) is 9.37 Å². The fraction of sp³-hybridized carbons (Fsp3) is 0.176. The van der Waals surface area contributed by atoms with Crippen molar-refractivity contribution < 1.29 is 13.9 Å². The highest BCUT2D eigenvalue weighted by atomic mass is 32.1. The lowest BCUT2D eigenvalue weighted by Crippen LogP contribution is -2.14. The molecule has 0 unspecified atom stereocenters. The van der Waals surface area contributed by atoms with E-state index in [1.54, 1.807) is 13.2 Å². The van der Waals surface area contributed by atoms with E-state index in [4.69, 9.17) is 4.74 Å². The Morgan fingerprint density at radius 1 is 1.30 bits per heavy atom. The Balaban J connectivity index is 1.73. The van der Waals surface area contributed by atoms with Gasteiger partial charge in [0.1, 0.15) is 11.6 Å². The topological polar surface area (TPSA) is 51.2 Å². The molecule has 0 fully saturated rings. The van der Waals surface area contributed by atoms with E-state index in [0.29, 0.717) is 15.3 Å². The molecule has 1 heterocycles. The van der Waals surface area contributed by atoms with Crippen LogP contribution in [0.1, 0.15) is 11.1 Å². The number of nitrogens with zero attached hydrogens (tertiary/aromatic N) is 1. The van der Waals surface area contributed by atoms with Gasteiger partial charge in [-0.3, -0.25) is 4.79 Å². The Hall–Kier alpha value is -2.47. The van der Waals surface area contributed by atoms with Gasteiger partial charge in [0.2, 0.25) is 5.91 Å². The monoisotopic (exact) mass is 330 g/mol. The van der Waals surface area contributed by atoms with Crippen molar-refractivity contribution in [3.05, 3.63) is 53.3 Å². The van der Waals surface area contributed by atoms with Crippen molar-refractivity contribution in [2.75, 3.05) is 12.4 Å². The molecule has 1 N–H and O–H groups in total. The van der Waals surface area contributed by atoms with Gasteiger partial charge in [0, 0.05) is 0 Å². The minimum absolute atomic E-state index is 0.171. The molecule has 0 radical (unpaired) electrons. The summed E-state index contributed by atoms with van der Waals surface area (Å²) in [5.74, 6) is 0.270. The number of anilines is 1. The second-order valence-corrected chi connectivity index (χ2v) is 6.19. The lowest BCUT2D eigenvalue weighted by atomic mass is 10.1. The van der Waals surface area contributed by atoms with Crippen LogP contribution in [0.5, 0.6) is 5.75 Å². The molecular formula is C17H15FN2O2S. The number of aryl methyl sites for hydroxylation is 1. The lowest BCUT2D eigenvalue weighted by molar-refractivity contribution is -0.115. The SMILES string of the molecule is COc1cc(CC(=O)Nc2nc3ccc(F)cc3s2)ccc1C. The maximum absolute atomic E-state index is 13.2. The third kappa shape index (κ3) is 3.48. The highest BCUT2D eigenvalue weighted by molar-refractivity contribution is 7.22. The Morgan fingerprint density at radius 3 is 2.91 bits per heavy atom. The molecule has 1 aromatic heterocycles. The van der Waals surface area contributed by atoms with Crippen LogP contribution >= 0.6 is 11.3 Å². The molecule has 0 spiro atoms. The van der Waals surface area contributed by atoms with Crippen LogP contribution in [0, 0.1) is 12.7 Å². The van der Waals surface area contributed by atoms with Crippen LogP contribution in [0.3, 0.4) is 0 Å². The lowest BCUT2D eigenvalue weighted by Gasteiger charge is -2.07. The third-order valence-electron chi connectivity index (χ3n) is 3.43. The van der Waals surface area contributed by atoms with Crippen LogP contribution in [0.2, 0.25) is 0 Å². The first-order valence-corrected chi connectivity index (χ1v) is 7.86. The molecule has 4 nitrogen and oxygen atoms in total. The Bertz CT molecular complexity index is 876. The molecule has 0 bridgehead atoms. The molecule has 2 aromatic carbocycles. The summed E-state index contributed by atoms with van der Waals surface area (Å²) in [4.78, 5) is 16.4. The van der Waals surface area contributed by atoms with Gasteiger partial charge in [0.25, 0.3) is 0 Å². The minimum Gasteiger partial charge on any atom is -0.496 e. The first-order valence-electron chi connectivity index (χ1n) is 7.04. The molecule has 3 aromatic rings. The maximum Gasteiger partial charge on any atom is 0.230 e. The molecule has 6 heteroatoms. The molecule has 23 heavy (non-hydrogen) atoms. The summed E-state index contributed by atoms with van der Waals surface area (Å²) in [6.07, 6.45) is 0.223. The minimum atomic E-state index is -0.314. The van der Waals surface area contributed by atoms with Crippen LogP contribution in [-0.4, -0.2) is 18.0 Å². The molecule has 118 valence electrons. The number of amides is 1. The molecule has 0 aliphatic heterocycles. The summed E-state index contributed by atoms with van der Waals surface area (Å²) in [6.45, 7) is 1.95. The quantitative estimate of drug-likeness (QED) is 0.788. The second kappa shape index (κ2) is 6.34. The number of fused-ring (bicyclic) bond motifs is 1. The molecule has 1 amide bonds. The van der Waals surface area contributed by atoms with Crippen molar-refractivity contribution in [2.45, 2.75) is 13.3 Å². The van der Waals surface area contributed by atoms with Crippen LogP contribution in [-0.2, 0) is 11.2 Å². The van der Waals surface area contributed by atoms with Crippen molar-refractivity contribution in [3.63, 3.8) is 0 Å². The average molecular weight is 330 g/mol. The molecule has 0 aliphatic carbocycles. The third-order valence-corrected chi connectivity index (χ3v) is 4.37. The Kier molecular flexibility index (Phi) is 4.25. The van der Waals surface area contributed by atoms with Gasteiger partial charge in [0.15, 0.2) is 5.13 Å². The smallest absolute Gasteiger partial charge is 0.230 e. The highest BCUT2D eigenvalue weighted by Crippen LogP contribution is 2.26. The normalized spacial score (nSPS) is 10.7. The van der Waals surface area contributed by atoms with Crippen LogP contribution in [0.15, 0.2) is 36.4 Å². The number of rotatable bonds is 4. The van der Waals surface area contributed by atoms with Crippen LogP contribution in [0.4, 0.5) is 9.52 Å². The predicted molar refractivity (Wildman–Crippen MR) is 89.6 cm³/mol. The van der Waals surface area contributed by atoms with Gasteiger partial charge >= 0.3 is 0 Å². The van der Waals surface area contributed by atoms with Gasteiger partial charge in [-0.1, -0.05) is 23.5 Å². The Labute approximate surface area is 136 Å². The number of methoxy groups -OCH3 is 1. The fourth-order valence-electron chi connectivity index (χ4n) is 2.28. The second-order valence-electron chi connectivity index (χ2n) is 5.16. The standard InChI is InChI=1S/C17H15FN2O2S/c1-10-3-4-11(7-14(10)22-2)8-16(21)20-17-19-13-6-5-12(18)9-15(13)23-17/h3-7,9H,8H2,1-2H3,(H,19,20,21). The van der Waals surface area contributed by atoms with Gasteiger partial charge in [0.05, 0.1) is 23.7 Å². The zero-order valence-corrected chi connectivity index (χ0v) is 13.5. The fourth-order valence-corrected chi connectivity index (χ4v) is 3.18. The summed E-state index contributed by atoms with van der Waals surface area (Å²) in [6, 6.07) is 10.0. The number of halogens is 1. The summed E-state index contributed by atoms with van der Waals surface area (Å²) in [7, 11) is 1.60. The molecular weight excluding hydrogens is 315 g/mol. The summed E-state index contributed by atoms with van der Waals surface area (Å²) < 4.78 is 19.1. The average Bonchev–Trinajstić information content (AvgIpc) is 2.90. The van der Waals surface area contributed by atoms with E-state index in [1.165, 1.54) is 23.5 Å². The van der Waals surface area contributed by atoms with Gasteiger partial charge in [-0.15, -0.1) is 0 Å². The highest BCUT2D eigenvalue weighted by Gasteiger charge is 2.10. The number of carbonyl (C=O) groups is 1. The van der Waals surface area contributed by atoms with E-state index in [2.05, 4.69) is 10.3 Å². The molecule has 0 saturated carbocycles. The summed E-state index contributed by atoms with van der Waals surface area (Å²) in [5.41, 5.74) is 2.55. The van der Waals surface area contributed by atoms with Gasteiger partial charge < -0.3 is 10.1 Å². The van der Waals surface area contributed by atoms with Crippen molar-refractivity contribution in [1.82, 2.24) is 4.98 Å². The van der Waals surface area contributed by atoms with Crippen LogP contribution < -0.4 is 10.1 Å². The van der Waals surface area contributed by atoms with E-state index in [0.717, 1.165) is 16.9 Å². The first kappa shape index (κ1) is 15.4. The van der Waals surface area contributed by atoms with Crippen molar-refractivity contribution >= 4 is 32.6 Å². The number of hydrogen-bond acceptors (Lipinski definition) is 4. The van der Waals surface area contributed by atoms with Gasteiger partial charge in [-0.2, -0.15) is 0 Å². The molecule has 0 aliphatic rings. The summed E-state index contributed by atoms with van der Waals surface area (Å²) in [5, 5.41) is 3.22. The van der Waals surface area contributed by atoms with E-state index in [-0.39, 0.29) is 18.1 Å². The predicted octanol–water partition coefficient (Wildman–Crippen LogP) is 3.93. The zero-order chi connectivity index (χ0) is 16.4. The molecule has 3 rings (SSSR count). The number of carbonyl (C=O) groups excluding carboxylic acids is 1. The van der Waals surface area contributed by atoms with Crippen molar-refractivity contribution in [2.24, 2.45) is 0 Å². The maximum atomic E-state index is 13.2. The summed E-state index contributed by atoms with van der Waals surface area (Å²) >= 11 is 1.25. The number of nitrogens with one attached hydrogen (secondary N) is 1. The largest absolute Gasteiger partial charge is 0.496 e. The van der Waals surface area contributed by atoms with E-state index >= 15 is 0 Å².